The molecule has 0 saturated carbocycles. The highest BCUT2D eigenvalue weighted by Gasteiger charge is 2.32. The average molecular weight is 458 g/mol. The van der Waals surface area contributed by atoms with E-state index in [1.807, 2.05) is 0 Å². The van der Waals surface area contributed by atoms with Crippen molar-refractivity contribution >= 4 is 29.1 Å². The molecule has 1 amide bonds. The van der Waals surface area contributed by atoms with Crippen LogP contribution in [0.4, 0.5) is 4.39 Å². The lowest BCUT2D eigenvalue weighted by Gasteiger charge is -2.32. The summed E-state index contributed by atoms with van der Waals surface area (Å²) in [7, 11) is 0. The third kappa shape index (κ3) is 4.63. The second kappa shape index (κ2) is 9.69. The summed E-state index contributed by atoms with van der Waals surface area (Å²) < 4.78 is 21.8. The number of likely N-dealkylation sites (tertiary alicyclic amines) is 1. The molecule has 0 aliphatic carbocycles. The van der Waals surface area contributed by atoms with Crippen LogP contribution in [0.15, 0.2) is 48.8 Å². The van der Waals surface area contributed by atoms with Gasteiger partial charge in [-0.25, -0.2) is 9.37 Å². The first-order valence-electron chi connectivity index (χ1n) is 10.8. The topological polar surface area (TPSA) is 63.9 Å². The lowest BCUT2D eigenvalue weighted by Crippen LogP contribution is -2.43. The van der Waals surface area contributed by atoms with E-state index in [-0.39, 0.29) is 30.0 Å². The van der Waals surface area contributed by atoms with Crippen LogP contribution < -0.4 is 0 Å². The number of fused-ring (bicyclic) bond motifs is 1. The molecule has 1 fully saturated rings. The van der Waals surface area contributed by atoms with E-state index in [4.69, 9.17) is 16.3 Å². The van der Waals surface area contributed by atoms with Crippen LogP contribution in [-0.4, -0.2) is 45.9 Å². The number of rotatable bonds is 6. The Labute approximate surface area is 191 Å². The Hall–Kier alpha value is -2.93. The van der Waals surface area contributed by atoms with Crippen LogP contribution in [0.3, 0.4) is 0 Å². The van der Waals surface area contributed by atoms with Crippen LogP contribution in [0.25, 0.3) is 5.65 Å². The van der Waals surface area contributed by atoms with Gasteiger partial charge in [-0.2, -0.15) is 0 Å². The van der Waals surface area contributed by atoms with Gasteiger partial charge in [-0.15, -0.1) is 0 Å². The highest BCUT2D eigenvalue weighted by Crippen LogP contribution is 2.32. The van der Waals surface area contributed by atoms with E-state index in [2.05, 4.69) is 4.98 Å². The van der Waals surface area contributed by atoms with Gasteiger partial charge in [-0.3, -0.25) is 9.59 Å². The van der Waals surface area contributed by atoms with E-state index in [0.29, 0.717) is 48.0 Å². The minimum absolute atomic E-state index is 0.0524. The van der Waals surface area contributed by atoms with Crippen molar-refractivity contribution in [2.75, 3.05) is 19.7 Å². The van der Waals surface area contributed by atoms with Gasteiger partial charge in [0.25, 0.3) is 0 Å². The second-order valence-corrected chi connectivity index (χ2v) is 8.40. The number of carbonyl (C=O) groups excluding carboxylic acids is 2. The fraction of sp³-hybridized carbons (Fsp3) is 0.375. The van der Waals surface area contributed by atoms with Crippen LogP contribution in [-0.2, 0) is 14.3 Å². The normalized spacial score (nSPS) is 17.3. The number of imidazole rings is 1. The highest BCUT2D eigenvalue weighted by atomic mass is 35.5. The van der Waals surface area contributed by atoms with Gasteiger partial charge in [0.1, 0.15) is 11.5 Å². The van der Waals surface area contributed by atoms with E-state index < -0.39 is 5.92 Å². The number of pyridine rings is 1. The molecule has 0 radical (unpaired) electrons. The van der Waals surface area contributed by atoms with Gasteiger partial charge in [-0.1, -0.05) is 29.8 Å². The van der Waals surface area contributed by atoms with Crippen molar-refractivity contribution in [2.24, 2.45) is 5.92 Å². The number of hydrogen-bond donors (Lipinski definition) is 0. The zero-order valence-electron chi connectivity index (χ0n) is 17.8. The summed E-state index contributed by atoms with van der Waals surface area (Å²) in [6, 6.07) is 9.97. The van der Waals surface area contributed by atoms with Gasteiger partial charge >= 0.3 is 5.97 Å². The number of nitrogens with zero attached hydrogens (tertiary/aromatic N) is 3. The summed E-state index contributed by atoms with van der Waals surface area (Å²) >= 11 is 6.19. The van der Waals surface area contributed by atoms with Crippen LogP contribution >= 0.6 is 11.6 Å². The fourth-order valence-corrected chi connectivity index (χ4v) is 4.48. The first-order valence-corrected chi connectivity index (χ1v) is 11.2. The Bertz CT molecular complexity index is 1130. The lowest BCUT2D eigenvalue weighted by atomic mass is 9.90. The Balaban J connectivity index is 1.64. The molecule has 2 atom stereocenters. The fourth-order valence-electron chi connectivity index (χ4n) is 4.32. The quantitative estimate of drug-likeness (QED) is 0.513. The number of ether oxygens (including phenoxy) is 1. The third-order valence-electron chi connectivity index (χ3n) is 5.91. The summed E-state index contributed by atoms with van der Waals surface area (Å²) in [6.07, 6.45) is 4.86. The minimum Gasteiger partial charge on any atom is -0.466 e. The monoisotopic (exact) mass is 457 g/mol. The molecule has 6 nitrogen and oxygen atoms in total. The summed E-state index contributed by atoms with van der Waals surface area (Å²) in [5, 5.41) is 0.517. The van der Waals surface area contributed by atoms with Gasteiger partial charge in [0.05, 0.1) is 23.2 Å². The van der Waals surface area contributed by atoms with Gasteiger partial charge in [0.15, 0.2) is 0 Å². The van der Waals surface area contributed by atoms with Crippen molar-refractivity contribution < 1.29 is 18.7 Å². The molecule has 4 rings (SSSR count). The molecule has 0 spiro atoms. The zero-order chi connectivity index (χ0) is 22.7. The first-order chi connectivity index (χ1) is 15.5. The average Bonchev–Trinajstić information content (AvgIpc) is 3.21. The van der Waals surface area contributed by atoms with Crippen molar-refractivity contribution in [3.8, 4) is 0 Å². The molecule has 1 aromatic carbocycles. The van der Waals surface area contributed by atoms with E-state index >= 15 is 0 Å². The number of carbonyl (C=O) groups is 2. The smallest absolute Gasteiger partial charge is 0.310 e. The van der Waals surface area contributed by atoms with Crippen LogP contribution in [0.2, 0.25) is 5.02 Å². The van der Waals surface area contributed by atoms with Crippen molar-refractivity contribution in [1.29, 1.82) is 0 Å². The second-order valence-electron chi connectivity index (χ2n) is 7.97. The molecule has 2 unspecified atom stereocenters. The Morgan fingerprint density at radius 1 is 1.28 bits per heavy atom. The van der Waals surface area contributed by atoms with Gasteiger partial charge in [0.2, 0.25) is 5.91 Å². The molecular formula is C24H25ClFN3O3. The Morgan fingerprint density at radius 3 is 2.88 bits per heavy atom. The van der Waals surface area contributed by atoms with E-state index in [1.54, 1.807) is 58.9 Å². The predicted molar refractivity (Wildman–Crippen MR) is 119 cm³/mol. The maximum absolute atomic E-state index is 14.8. The van der Waals surface area contributed by atoms with E-state index in [9.17, 15) is 14.0 Å². The molecule has 1 saturated heterocycles. The molecule has 1 aliphatic heterocycles. The van der Waals surface area contributed by atoms with Gasteiger partial charge in [-0.05, 0) is 43.5 Å². The molecule has 32 heavy (non-hydrogen) atoms. The number of halogens is 2. The molecule has 1 aliphatic rings. The maximum Gasteiger partial charge on any atom is 0.310 e. The van der Waals surface area contributed by atoms with Gasteiger partial charge in [0, 0.05) is 37.8 Å². The number of benzene rings is 1. The molecular weight excluding hydrogens is 433 g/mol. The predicted octanol–water partition coefficient (Wildman–Crippen LogP) is 4.45. The van der Waals surface area contributed by atoms with Crippen molar-refractivity contribution in [1.82, 2.24) is 14.3 Å². The SMILES string of the molecule is CCOC(=O)C1CCCN(C(=O)CC(c2ccccc2F)c2cnc3ccc(Cl)cn23)C1. The minimum atomic E-state index is -0.555. The molecule has 168 valence electrons. The number of hydrogen-bond acceptors (Lipinski definition) is 4. The van der Waals surface area contributed by atoms with Gasteiger partial charge < -0.3 is 14.0 Å². The molecule has 2 aromatic heterocycles. The summed E-state index contributed by atoms with van der Waals surface area (Å²) in [4.78, 5) is 31.6. The van der Waals surface area contributed by atoms with Crippen molar-refractivity contribution in [3.63, 3.8) is 0 Å². The number of amides is 1. The van der Waals surface area contributed by atoms with Crippen molar-refractivity contribution in [3.05, 3.63) is 70.9 Å². The molecule has 3 aromatic rings. The molecule has 0 N–H and O–H groups in total. The lowest BCUT2D eigenvalue weighted by molar-refractivity contribution is -0.151. The molecule has 8 heteroatoms. The third-order valence-corrected chi connectivity index (χ3v) is 6.13. The maximum atomic E-state index is 14.8. The number of piperidine rings is 1. The largest absolute Gasteiger partial charge is 0.466 e. The number of aromatic nitrogens is 2. The van der Waals surface area contributed by atoms with E-state index in [1.165, 1.54) is 6.07 Å². The zero-order valence-corrected chi connectivity index (χ0v) is 18.6. The van der Waals surface area contributed by atoms with Crippen LogP contribution in [0.1, 0.15) is 43.4 Å². The molecule has 0 bridgehead atoms. The summed E-state index contributed by atoms with van der Waals surface area (Å²) in [6.45, 7) is 2.97. The first kappa shape index (κ1) is 22.3. The summed E-state index contributed by atoms with van der Waals surface area (Å²) in [5.41, 5.74) is 1.76. The number of esters is 1. The standard InChI is InChI=1S/C24H25ClFN3O3/c1-2-32-24(31)16-6-5-11-28(14-16)23(30)12-19(18-7-3-4-8-20(18)26)21-13-27-22-10-9-17(25)15-29(21)22/h3-4,7-10,13,15-16,19H,2,5-6,11-12,14H2,1H3. The molecule has 3 heterocycles. The van der Waals surface area contributed by atoms with Crippen LogP contribution in [0.5, 0.6) is 0 Å². The van der Waals surface area contributed by atoms with E-state index in [0.717, 1.165) is 6.42 Å². The van der Waals surface area contributed by atoms with Crippen molar-refractivity contribution in [2.45, 2.75) is 32.1 Å². The Kier molecular flexibility index (Phi) is 6.74. The highest BCUT2D eigenvalue weighted by molar-refractivity contribution is 6.30. The summed E-state index contributed by atoms with van der Waals surface area (Å²) in [5.74, 6) is -1.67. The Morgan fingerprint density at radius 2 is 2.09 bits per heavy atom. The van der Waals surface area contributed by atoms with Crippen LogP contribution in [0, 0.1) is 11.7 Å².